The molecule has 0 bridgehead atoms. The van der Waals surface area contributed by atoms with Crippen molar-refractivity contribution in [3.05, 3.63) is 94.0 Å². The molecule has 0 unspecified atom stereocenters. The highest BCUT2D eigenvalue weighted by molar-refractivity contribution is 7.89. The fraction of sp³-hybridized carbons (Fsp3) is 0.136. The van der Waals surface area contributed by atoms with E-state index in [4.69, 9.17) is 23.2 Å². The summed E-state index contributed by atoms with van der Waals surface area (Å²) >= 11 is 11.5. The van der Waals surface area contributed by atoms with Gasteiger partial charge in [-0.15, -0.1) is 0 Å². The molecule has 174 valence electrons. The topological polar surface area (TPSA) is 66.5 Å². The summed E-state index contributed by atoms with van der Waals surface area (Å²) in [6, 6.07) is 16.7. The van der Waals surface area contributed by atoms with Gasteiger partial charge in [-0.05, 0) is 48.0 Å². The van der Waals surface area contributed by atoms with Crippen molar-refractivity contribution in [3.63, 3.8) is 0 Å². The number of hydrogen-bond acceptors (Lipinski definition) is 3. The van der Waals surface area contributed by atoms with Gasteiger partial charge in [-0.3, -0.25) is 4.79 Å². The van der Waals surface area contributed by atoms with Crippen molar-refractivity contribution >= 4 is 44.8 Å². The van der Waals surface area contributed by atoms with Crippen LogP contribution in [0.4, 0.5) is 18.9 Å². The van der Waals surface area contributed by atoms with Gasteiger partial charge in [0.05, 0.1) is 22.7 Å². The molecular weight excluding hydrogens is 500 g/mol. The van der Waals surface area contributed by atoms with Crippen LogP contribution in [0.15, 0.2) is 77.7 Å². The number of sulfonamides is 1. The van der Waals surface area contributed by atoms with E-state index in [0.29, 0.717) is 16.7 Å². The number of alkyl halides is 3. The molecule has 33 heavy (non-hydrogen) atoms. The standard InChI is InChI=1S/C22H17Cl2F3N2O3S/c23-16-6-9-18(10-7-16)33(31,32)29(13-15-4-2-1-3-5-15)14-21(30)28-20-11-8-17(24)12-19(20)22(25,26)27/h1-12H,13-14H2,(H,28,30). The lowest BCUT2D eigenvalue weighted by molar-refractivity contribution is -0.137. The summed E-state index contributed by atoms with van der Waals surface area (Å²) in [5.41, 5.74) is -1.08. The van der Waals surface area contributed by atoms with Gasteiger partial charge >= 0.3 is 6.18 Å². The van der Waals surface area contributed by atoms with E-state index in [1.54, 1.807) is 30.3 Å². The monoisotopic (exact) mass is 516 g/mol. The number of nitrogens with zero attached hydrogens (tertiary/aromatic N) is 1. The van der Waals surface area contributed by atoms with Crippen LogP contribution in [0.1, 0.15) is 11.1 Å². The predicted molar refractivity (Wildman–Crippen MR) is 121 cm³/mol. The highest BCUT2D eigenvalue weighted by atomic mass is 35.5. The number of nitrogens with one attached hydrogen (secondary N) is 1. The van der Waals surface area contributed by atoms with E-state index >= 15 is 0 Å². The summed E-state index contributed by atoms with van der Waals surface area (Å²) < 4.78 is 67.3. The van der Waals surface area contributed by atoms with Crippen LogP contribution >= 0.6 is 23.2 Å². The van der Waals surface area contributed by atoms with Crippen molar-refractivity contribution in [2.75, 3.05) is 11.9 Å². The number of anilines is 1. The van der Waals surface area contributed by atoms with E-state index in [1.165, 1.54) is 30.3 Å². The minimum absolute atomic E-state index is 0.113. The van der Waals surface area contributed by atoms with E-state index in [1.807, 2.05) is 0 Å². The van der Waals surface area contributed by atoms with Crippen LogP contribution in [0.3, 0.4) is 0 Å². The molecular formula is C22H17Cl2F3N2O3S. The summed E-state index contributed by atoms with van der Waals surface area (Å²) in [6.45, 7) is -0.897. The van der Waals surface area contributed by atoms with Gasteiger partial charge in [-0.25, -0.2) is 8.42 Å². The van der Waals surface area contributed by atoms with Gasteiger partial charge in [-0.2, -0.15) is 17.5 Å². The highest BCUT2D eigenvalue weighted by Gasteiger charge is 2.35. The van der Waals surface area contributed by atoms with Crippen molar-refractivity contribution in [1.29, 1.82) is 0 Å². The first-order chi connectivity index (χ1) is 15.5. The molecule has 0 spiro atoms. The molecule has 0 aromatic heterocycles. The maximum absolute atomic E-state index is 13.3. The maximum Gasteiger partial charge on any atom is 0.418 e. The summed E-state index contributed by atoms with van der Waals surface area (Å²) in [6.07, 6.45) is -4.77. The fourth-order valence-corrected chi connectivity index (χ4v) is 4.66. The summed E-state index contributed by atoms with van der Waals surface area (Å²) in [5.74, 6) is -0.948. The normalized spacial score (nSPS) is 12.1. The summed E-state index contributed by atoms with van der Waals surface area (Å²) in [7, 11) is -4.18. The van der Waals surface area contributed by atoms with E-state index in [0.717, 1.165) is 10.4 Å². The van der Waals surface area contributed by atoms with E-state index in [-0.39, 0.29) is 16.5 Å². The van der Waals surface area contributed by atoms with E-state index in [2.05, 4.69) is 5.32 Å². The summed E-state index contributed by atoms with van der Waals surface area (Å²) in [5, 5.41) is 2.32. The Morgan fingerprint density at radius 2 is 1.52 bits per heavy atom. The molecule has 0 radical (unpaired) electrons. The number of carbonyl (C=O) groups excluding carboxylic acids is 1. The van der Waals surface area contributed by atoms with Crippen LogP contribution in [0.5, 0.6) is 0 Å². The zero-order valence-electron chi connectivity index (χ0n) is 16.8. The molecule has 3 aromatic carbocycles. The smallest absolute Gasteiger partial charge is 0.324 e. The Morgan fingerprint density at radius 1 is 0.909 bits per heavy atom. The Hall–Kier alpha value is -2.59. The number of carbonyl (C=O) groups is 1. The average Bonchev–Trinajstić information content (AvgIpc) is 2.75. The fourth-order valence-electron chi connectivity index (χ4n) is 2.98. The van der Waals surface area contributed by atoms with Gasteiger partial charge in [0, 0.05) is 16.6 Å². The Balaban J connectivity index is 1.91. The third-order valence-electron chi connectivity index (χ3n) is 4.53. The molecule has 0 saturated heterocycles. The molecule has 1 amide bonds. The SMILES string of the molecule is O=C(CN(Cc1ccccc1)S(=O)(=O)c1ccc(Cl)cc1)Nc1ccc(Cl)cc1C(F)(F)F. The lowest BCUT2D eigenvalue weighted by Gasteiger charge is -2.22. The van der Waals surface area contributed by atoms with Crippen molar-refractivity contribution in [3.8, 4) is 0 Å². The lowest BCUT2D eigenvalue weighted by atomic mass is 10.1. The number of amides is 1. The first-order valence-corrected chi connectivity index (χ1v) is 11.6. The molecule has 0 saturated carbocycles. The molecule has 3 aromatic rings. The molecule has 0 heterocycles. The quantitative estimate of drug-likeness (QED) is 0.428. The van der Waals surface area contributed by atoms with Gasteiger partial charge in [-0.1, -0.05) is 53.5 Å². The van der Waals surface area contributed by atoms with Crippen molar-refractivity contribution in [2.24, 2.45) is 0 Å². The first kappa shape index (κ1) is 25.0. The van der Waals surface area contributed by atoms with Crippen LogP contribution in [0.25, 0.3) is 0 Å². The molecule has 0 aliphatic rings. The first-order valence-electron chi connectivity index (χ1n) is 9.43. The lowest BCUT2D eigenvalue weighted by Crippen LogP contribution is -2.37. The zero-order valence-corrected chi connectivity index (χ0v) is 19.1. The van der Waals surface area contributed by atoms with Gasteiger partial charge < -0.3 is 5.32 Å². The Labute approximate surface area is 198 Å². The minimum atomic E-state index is -4.77. The minimum Gasteiger partial charge on any atom is -0.324 e. The zero-order chi connectivity index (χ0) is 24.2. The molecule has 5 nitrogen and oxygen atoms in total. The second kappa shape index (κ2) is 10.1. The van der Waals surface area contributed by atoms with Crippen LogP contribution in [-0.2, 0) is 27.5 Å². The van der Waals surface area contributed by atoms with Crippen LogP contribution in [-0.4, -0.2) is 25.2 Å². The van der Waals surface area contributed by atoms with Crippen molar-refractivity contribution in [1.82, 2.24) is 4.31 Å². The molecule has 0 aliphatic heterocycles. The van der Waals surface area contributed by atoms with Crippen LogP contribution in [0, 0.1) is 0 Å². The third kappa shape index (κ3) is 6.48. The maximum atomic E-state index is 13.3. The van der Waals surface area contributed by atoms with Gasteiger partial charge in [0.1, 0.15) is 0 Å². The number of benzene rings is 3. The molecule has 0 aliphatic carbocycles. The van der Waals surface area contributed by atoms with Crippen LogP contribution in [0.2, 0.25) is 10.0 Å². The molecule has 3 rings (SSSR count). The summed E-state index contributed by atoms with van der Waals surface area (Å²) in [4.78, 5) is 12.6. The third-order valence-corrected chi connectivity index (χ3v) is 6.83. The second-order valence-electron chi connectivity index (χ2n) is 6.95. The average molecular weight is 517 g/mol. The van der Waals surface area contributed by atoms with Gasteiger partial charge in [0.2, 0.25) is 15.9 Å². The predicted octanol–water partition coefficient (Wildman–Crippen LogP) is 5.84. The number of halogens is 5. The van der Waals surface area contributed by atoms with E-state index in [9.17, 15) is 26.4 Å². The Bertz CT molecular complexity index is 1240. The van der Waals surface area contributed by atoms with Crippen molar-refractivity contribution < 1.29 is 26.4 Å². The van der Waals surface area contributed by atoms with Gasteiger partial charge in [0.15, 0.2) is 0 Å². The number of hydrogen-bond donors (Lipinski definition) is 1. The van der Waals surface area contributed by atoms with Crippen molar-refractivity contribution in [2.45, 2.75) is 17.6 Å². The largest absolute Gasteiger partial charge is 0.418 e. The molecule has 11 heteroatoms. The second-order valence-corrected chi connectivity index (χ2v) is 9.76. The molecule has 0 atom stereocenters. The van der Waals surface area contributed by atoms with Gasteiger partial charge in [0.25, 0.3) is 0 Å². The molecule has 0 fully saturated rings. The van der Waals surface area contributed by atoms with Crippen LogP contribution < -0.4 is 5.32 Å². The molecule has 1 N–H and O–H groups in total. The Morgan fingerprint density at radius 3 is 2.12 bits per heavy atom. The highest BCUT2D eigenvalue weighted by Crippen LogP contribution is 2.36. The number of rotatable bonds is 7. The van der Waals surface area contributed by atoms with E-state index < -0.39 is 39.9 Å². The Kier molecular flexibility index (Phi) is 7.69.